The molecule has 0 saturated carbocycles. The molecule has 0 fully saturated rings. The third-order valence-electron chi connectivity index (χ3n) is 7.32. The van der Waals surface area contributed by atoms with Crippen LogP contribution in [0.15, 0.2) is 30.3 Å². The highest BCUT2D eigenvalue weighted by Gasteiger charge is 2.39. The van der Waals surface area contributed by atoms with Crippen LogP contribution in [0.5, 0.6) is 0 Å². The number of carboxylic acid groups (broad SMARTS) is 1. The highest BCUT2D eigenvalue weighted by Crippen LogP contribution is 2.29. The minimum atomic E-state index is -2.74. The Morgan fingerprint density at radius 2 is 1.45 bits per heavy atom. The van der Waals surface area contributed by atoms with E-state index in [-0.39, 0.29) is 12.7 Å². The van der Waals surface area contributed by atoms with E-state index in [4.69, 9.17) is 9.47 Å². The summed E-state index contributed by atoms with van der Waals surface area (Å²) in [7, 11) is -0.992. The molecule has 6 nitrogen and oxygen atoms in total. The number of aliphatic hydroxyl groups is 1. The van der Waals surface area contributed by atoms with E-state index in [0.29, 0.717) is 18.3 Å². The Bertz CT molecular complexity index is 752. The molecule has 1 rings (SSSR count). The molecule has 0 saturated heterocycles. The Morgan fingerprint density at radius 1 is 0.875 bits per heavy atom. The predicted molar refractivity (Wildman–Crippen MR) is 168 cm³/mol. The van der Waals surface area contributed by atoms with Crippen LogP contribution in [0.3, 0.4) is 0 Å². The molecule has 0 aliphatic heterocycles. The lowest BCUT2D eigenvalue weighted by molar-refractivity contribution is -0.195. The summed E-state index contributed by atoms with van der Waals surface area (Å²) in [5, 5.41) is 19.2. The van der Waals surface area contributed by atoms with Crippen LogP contribution in [0, 0.1) is 0 Å². The summed E-state index contributed by atoms with van der Waals surface area (Å²) in [4.78, 5) is 11.3. The number of carboxylic acids is 1. The van der Waals surface area contributed by atoms with Crippen molar-refractivity contribution < 1.29 is 29.0 Å². The fourth-order valence-electron chi connectivity index (χ4n) is 4.78. The Kier molecular flexibility index (Phi) is 22.8. The molecule has 3 unspecified atom stereocenters. The maximum Gasteiger partial charge on any atom is 0.377 e. The quantitative estimate of drug-likeness (QED) is 0.0564. The monoisotopic (exact) mass is 598 g/mol. The second-order valence-corrected chi connectivity index (χ2v) is 12.7. The van der Waals surface area contributed by atoms with Crippen molar-refractivity contribution in [2.24, 2.45) is 0 Å². The van der Waals surface area contributed by atoms with Crippen molar-refractivity contribution in [3.05, 3.63) is 35.9 Å². The minimum Gasteiger partial charge on any atom is -0.477 e. The van der Waals surface area contributed by atoms with Crippen molar-refractivity contribution >= 4 is 26.2 Å². The van der Waals surface area contributed by atoms with Crippen LogP contribution in [0.1, 0.15) is 128 Å². The zero-order valence-corrected chi connectivity index (χ0v) is 26.8. The van der Waals surface area contributed by atoms with Gasteiger partial charge in [0.1, 0.15) is 0 Å². The molecule has 1 aromatic rings. The van der Waals surface area contributed by atoms with Crippen LogP contribution in [0.25, 0.3) is 0 Å². The predicted octanol–water partition coefficient (Wildman–Crippen LogP) is 9.21. The van der Waals surface area contributed by atoms with Crippen LogP contribution in [-0.2, 0) is 18.8 Å². The lowest BCUT2D eigenvalue weighted by Crippen LogP contribution is -2.39. The molecule has 3 atom stereocenters. The number of benzene rings is 1. The lowest BCUT2D eigenvalue weighted by atomic mass is 9.91. The summed E-state index contributed by atoms with van der Waals surface area (Å²) >= 11 is 1.77. The van der Waals surface area contributed by atoms with Crippen LogP contribution in [-0.4, -0.2) is 52.5 Å². The van der Waals surface area contributed by atoms with Crippen molar-refractivity contribution in [3.8, 4) is 0 Å². The van der Waals surface area contributed by atoms with Gasteiger partial charge < -0.3 is 19.7 Å². The van der Waals surface area contributed by atoms with E-state index in [1.54, 1.807) is 11.8 Å². The van der Waals surface area contributed by atoms with Gasteiger partial charge in [-0.2, -0.15) is 11.8 Å². The molecule has 0 aliphatic rings. The van der Waals surface area contributed by atoms with Gasteiger partial charge in [-0.25, -0.2) is 4.79 Å². The molecule has 230 valence electrons. The van der Waals surface area contributed by atoms with E-state index in [2.05, 4.69) is 44.2 Å². The van der Waals surface area contributed by atoms with Gasteiger partial charge in [0.2, 0.25) is 8.46 Å². The SMILES string of the molecule is CCCCCCCCCCOC(COC(O)(P=O)C(=O)O)CSCCC(CCCCCCCC)c1ccccc1. The first-order chi connectivity index (χ1) is 19.5. The van der Waals surface area contributed by atoms with Gasteiger partial charge in [0.15, 0.2) is 0 Å². The first-order valence-electron chi connectivity index (χ1n) is 15.6. The van der Waals surface area contributed by atoms with Crippen LogP contribution >= 0.6 is 20.2 Å². The average molecular weight is 599 g/mol. The summed E-state index contributed by atoms with van der Waals surface area (Å²) in [5.74, 6) is 0.431. The Labute approximate surface area is 249 Å². The summed E-state index contributed by atoms with van der Waals surface area (Å²) in [6.45, 7) is 4.91. The minimum absolute atomic E-state index is 0.123. The Morgan fingerprint density at radius 3 is 2.02 bits per heavy atom. The molecule has 1 aromatic carbocycles. The fourth-order valence-corrected chi connectivity index (χ4v) is 6.06. The average Bonchev–Trinajstić information content (AvgIpc) is 2.97. The first-order valence-corrected chi connectivity index (χ1v) is 17.6. The number of ether oxygens (including phenoxy) is 2. The highest BCUT2D eigenvalue weighted by molar-refractivity contribution is 7.99. The van der Waals surface area contributed by atoms with Gasteiger partial charge in [-0.05, 0) is 36.5 Å². The van der Waals surface area contributed by atoms with E-state index in [1.165, 1.54) is 89.0 Å². The topological polar surface area (TPSA) is 93.1 Å². The Balaban J connectivity index is 2.53. The zero-order valence-electron chi connectivity index (χ0n) is 25.1. The number of hydrogen-bond acceptors (Lipinski definition) is 6. The second-order valence-electron chi connectivity index (χ2n) is 10.8. The molecule has 0 aromatic heterocycles. The van der Waals surface area contributed by atoms with Crippen molar-refractivity contribution in [2.75, 3.05) is 24.7 Å². The van der Waals surface area contributed by atoms with Gasteiger partial charge in [-0.15, -0.1) is 0 Å². The fraction of sp³-hybridized carbons (Fsp3) is 0.781. The zero-order chi connectivity index (χ0) is 29.3. The number of hydrogen-bond donors (Lipinski definition) is 2. The third-order valence-corrected chi connectivity index (χ3v) is 9.02. The molecule has 0 radical (unpaired) electrons. The van der Waals surface area contributed by atoms with Crippen LogP contribution < -0.4 is 0 Å². The Hall–Kier alpha value is -0.980. The number of unbranched alkanes of at least 4 members (excludes halogenated alkanes) is 12. The van der Waals surface area contributed by atoms with Crippen LogP contribution in [0.2, 0.25) is 0 Å². The lowest BCUT2D eigenvalue weighted by Gasteiger charge is -2.23. The molecule has 2 N–H and O–H groups in total. The molecule has 0 amide bonds. The van der Waals surface area contributed by atoms with Gasteiger partial charge in [-0.3, -0.25) is 4.57 Å². The smallest absolute Gasteiger partial charge is 0.377 e. The molecule has 0 aliphatic carbocycles. The maximum absolute atomic E-state index is 11.3. The van der Waals surface area contributed by atoms with E-state index < -0.39 is 20.0 Å². The first kappa shape index (κ1) is 37.0. The summed E-state index contributed by atoms with van der Waals surface area (Å²) in [6, 6.07) is 10.7. The maximum atomic E-state index is 11.3. The van der Waals surface area contributed by atoms with Crippen LogP contribution in [0.4, 0.5) is 0 Å². The largest absolute Gasteiger partial charge is 0.477 e. The van der Waals surface area contributed by atoms with E-state index >= 15 is 0 Å². The normalized spacial score (nSPS) is 14.7. The van der Waals surface area contributed by atoms with Crippen molar-refractivity contribution in [1.29, 1.82) is 0 Å². The molecule has 0 spiro atoms. The van der Waals surface area contributed by atoms with Gasteiger partial charge in [0.05, 0.1) is 12.7 Å². The standard InChI is InChI=1S/C32H55O6PS/c1-3-5-7-9-11-12-14-19-24-37-30(26-38-32(35,39-36)31(33)34)27-40-25-23-29(28-20-17-15-18-21-28)22-16-13-10-8-6-4-2/h15,17-18,20-21,29-30,35H,3-14,16,19,22-27H2,1-2H3,(H,33,34). The number of rotatable bonds is 28. The number of thioether (sulfide) groups is 1. The van der Waals surface area contributed by atoms with Gasteiger partial charge >= 0.3 is 11.5 Å². The van der Waals surface area contributed by atoms with Crippen molar-refractivity contribution in [2.45, 2.75) is 134 Å². The molecular formula is C32H55O6PS. The summed E-state index contributed by atoms with van der Waals surface area (Å²) in [5.41, 5.74) is -1.34. The van der Waals surface area contributed by atoms with Gasteiger partial charge in [0.25, 0.3) is 0 Å². The molecular weight excluding hydrogens is 543 g/mol. The van der Waals surface area contributed by atoms with E-state index in [9.17, 15) is 19.6 Å². The molecule has 40 heavy (non-hydrogen) atoms. The highest BCUT2D eigenvalue weighted by atomic mass is 32.2. The molecule has 0 bridgehead atoms. The second kappa shape index (κ2) is 24.6. The number of aliphatic carboxylic acids is 1. The number of carbonyl (C=O) groups is 1. The van der Waals surface area contributed by atoms with E-state index in [0.717, 1.165) is 25.0 Å². The van der Waals surface area contributed by atoms with E-state index in [1.807, 2.05) is 0 Å². The van der Waals surface area contributed by atoms with Gasteiger partial charge in [0, 0.05) is 12.4 Å². The molecule has 0 heterocycles. The summed E-state index contributed by atoms with van der Waals surface area (Å²) < 4.78 is 22.5. The van der Waals surface area contributed by atoms with Gasteiger partial charge in [-0.1, -0.05) is 128 Å². The van der Waals surface area contributed by atoms with Crippen molar-refractivity contribution in [3.63, 3.8) is 0 Å². The third kappa shape index (κ3) is 17.7. The van der Waals surface area contributed by atoms with Crippen molar-refractivity contribution in [1.82, 2.24) is 0 Å². The summed E-state index contributed by atoms with van der Waals surface area (Å²) in [6.07, 6.45) is 19.3. The molecule has 8 heteroatoms.